The van der Waals surface area contributed by atoms with Crippen LogP contribution in [0.1, 0.15) is 44.4 Å². The fourth-order valence-electron chi connectivity index (χ4n) is 6.68. The Morgan fingerprint density at radius 3 is 2.12 bits per heavy atom. The SMILES string of the molecule is COc1ccc(N2CCN(C(=O)[C@@H](Nc3ccc4c(cc3=O)[C@H](NC(C)=O)CCc3cc(OC)c(OC)c(OC)c3-4)C(C)C)CC2)cc1. The van der Waals surface area contributed by atoms with Crippen molar-refractivity contribution in [3.05, 3.63) is 69.9 Å². The Balaban J connectivity index is 1.48. The molecule has 2 N–H and O–H groups in total. The van der Waals surface area contributed by atoms with E-state index in [-0.39, 0.29) is 23.2 Å². The summed E-state index contributed by atoms with van der Waals surface area (Å²) in [6.45, 7) is 7.94. The number of fused-ring (bicyclic) bond motifs is 3. The van der Waals surface area contributed by atoms with Crippen molar-refractivity contribution in [1.29, 1.82) is 0 Å². The number of nitrogens with one attached hydrogen (secondary N) is 2. The maximum atomic E-state index is 13.9. The summed E-state index contributed by atoms with van der Waals surface area (Å²) in [6, 6.07) is 14.0. The van der Waals surface area contributed by atoms with Crippen molar-refractivity contribution in [1.82, 2.24) is 10.2 Å². The van der Waals surface area contributed by atoms with Crippen LogP contribution in [0.3, 0.4) is 0 Å². The molecule has 3 aromatic carbocycles. The summed E-state index contributed by atoms with van der Waals surface area (Å²) in [6.07, 6.45) is 1.16. The molecule has 2 amide bonds. The highest BCUT2D eigenvalue weighted by Crippen LogP contribution is 2.50. The fourth-order valence-corrected chi connectivity index (χ4v) is 6.68. The van der Waals surface area contributed by atoms with Crippen LogP contribution >= 0.6 is 0 Å². The summed E-state index contributed by atoms with van der Waals surface area (Å²) in [5.41, 5.74) is 4.20. The number of carbonyl (C=O) groups is 2. The van der Waals surface area contributed by atoms with Gasteiger partial charge in [0.1, 0.15) is 11.8 Å². The Labute approximate surface area is 282 Å². The predicted molar refractivity (Wildman–Crippen MR) is 187 cm³/mol. The number of benzene rings is 2. The van der Waals surface area contributed by atoms with Crippen LogP contribution in [0.25, 0.3) is 11.1 Å². The topological polar surface area (TPSA) is 119 Å². The number of nitrogens with zero attached hydrogens (tertiary/aromatic N) is 2. The van der Waals surface area contributed by atoms with Gasteiger partial charge in [-0.15, -0.1) is 0 Å². The number of rotatable bonds is 10. The van der Waals surface area contributed by atoms with E-state index in [0.29, 0.717) is 67.5 Å². The van der Waals surface area contributed by atoms with Crippen LogP contribution in [0.5, 0.6) is 23.0 Å². The second-order valence-electron chi connectivity index (χ2n) is 12.5. The van der Waals surface area contributed by atoms with Gasteiger partial charge in [0, 0.05) is 44.4 Å². The number of hydrogen-bond donors (Lipinski definition) is 2. The lowest BCUT2D eigenvalue weighted by Crippen LogP contribution is -2.54. The minimum Gasteiger partial charge on any atom is -0.497 e. The van der Waals surface area contributed by atoms with Crippen LogP contribution in [-0.2, 0) is 16.0 Å². The molecule has 0 bridgehead atoms. The number of methoxy groups -OCH3 is 4. The number of ether oxygens (including phenoxy) is 4. The van der Waals surface area contributed by atoms with Crippen LogP contribution in [-0.4, -0.2) is 77.4 Å². The van der Waals surface area contributed by atoms with Gasteiger partial charge in [0.05, 0.1) is 40.2 Å². The number of carbonyl (C=O) groups excluding carboxylic acids is 2. The van der Waals surface area contributed by atoms with Gasteiger partial charge in [0.15, 0.2) is 11.5 Å². The maximum Gasteiger partial charge on any atom is 0.245 e. The minimum absolute atomic E-state index is 0.0492. The molecule has 5 rings (SSSR count). The van der Waals surface area contributed by atoms with Gasteiger partial charge in [-0.2, -0.15) is 0 Å². The average Bonchev–Trinajstić information content (AvgIpc) is 3.33. The molecular formula is C37H46N4O7. The third kappa shape index (κ3) is 7.00. The van der Waals surface area contributed by atoms with E-state index in [4.69, 9.17) is 18.9 Å². The van der Waals surface area contributed by atoms with Crippen LogP contribution in [0.2, 0.25) is 0 Å². The molecule has 2 atom stereocenters. The molecule has 1 aliphatic heterocycles. The zero-order valence-corrected chi connectivity index (χ0v) is 28.8. The average molecular weight is 659 g/mol. The lowest BCUT2D eigenvalue weighted by molar-refractivity contribution is -0.133. The van der Waals surface area contributed by atoms with Crippen molar-refractivity contribution in [3.63, 3.8) is 0 Å². The molecule has 0 saturated carbocycles. The predicted octanol–water partition coefficient (Wildman–Crippen LogP) is 4.66. The summed E-state index contributed by atoms with van der Waals surface area (Å²) in [4.78, 5) is 44.3. The molecule has 1 heterocycles. The largest absolute Gasteiger partial charge is 0.497 e. The Hall–Kier alpha value is -4.93. The van der Waals surface area contributed by atoms with E-state index in [1.54, 1.807) is 40.6 Å². The van der Waals surface area contributed by atoms with E-state index >= 15 is 0 Å². The quantitative estimate of drug-likeness (QED) is 0.321. The Morgan fingerprint density at radius 1 is 0.854 bits per heavy atom. The highest BCUT2D eigenvalue weighted by molar-refractivity contribution is 5.86. The van der Waals surface area contributed by atoms with E-state index in [1.807, 2.05) is 55.1 Å². The number of piperazine rings is 1. The zero-order chi connectivity index (χ0) is 34.5. The molecule has 11 nitrogen and oxygen atoms in total. The summed E-state index contributed by atoms with van der Waals surface area (Å²) >= 11 is 0. The molecular weight excluding hydrogens is 612 g/mol. The molecule has 0 spiro atoms. The van der Waals surface area contributed by atoms with E-state index in [0.717, 1.165) is 28.1 Å². The van der Waals surface area contributed by atoms with Gasteiger partial charge >= 0.3 is 0 Å². The molecule has 2 aliphatic rings. The molecule has 11 heteroatoms. The molecule has 0 aromatic heterocycles. The lowest BCUT2D eigenvalue weighted by Gasteiger charge is -2.38. The lowest BCUT2D eigenvalue weighted by atomic mass is 9.95. The van der Waals surface area contributed by atoms with E-state index in [9.17, 15) is 14.4 Å². The van der Waals surface area contributed by atoms with Crippen molar-refractivity contribution >= 4 is 23.2 Å². The van der Waals surface area contributed by atoms with Gasteiger partial charge in [0.25, 0.3) is 0 Å². The molecule has 3 aromatic rings. The number of hydrogen-bond acceptors (Lipinski definition) is 9. The first kappa shape index (κ1) is 34.4. The van der Waals surface area contributed by atoms with Crippen molar-refractivity contribution in [2.45, 2.75) is 45.7 Å². The first-order chi connectivity index (χ1) is 23.1. The van der Waals surface area contributed by atoms with Crippen LogP contribution < -0.4 is 39.9 Å². The standard InChI is InChI=1S/C37H46N4O7/c1-22(2)34(37(44)41-18-16-40(17-19-41)25-9-11-26(45-4)12-10-25)39-30-15-13-27-28(21-31(30)43)29(38-23(3)42)14-8-24-20-32(46-5)35(47-6)36(48-7)33(24)27/h9-13,15,20-22,29,34H,8,14,16-19H2,1-7H3,(H,38,42)(H,39,43)/t29-,34+/m1/s1. The first-order valence-electron chi connectivity index (χ1n) is 16.3. The van der Waals surface area contributed by atoms with Crippen molar-refractivity contribution in [3.8, 4) is 34.1 Å². The maximum absolute atomic E-state index is 13.9. The van der Waals surface area contributed by atoms with E-state index < -0.39 is 12.1 Å². The highest BCUT2D eigenvalue weighted by Gasteiger charge is 2.32. The zero-order valence-electron chi connectivity index (χ0n) is 28.8. The summed E-state index contributed by atoms with van der Waals surface area (Å²) in [7, 11) is 6.34. The minimum atomic E-state index is -0.621. The van der Waals surface area contributed by atoms with E-state index in [1.165, 1.54) is 6.92 Å². The van der Waals surface area contributed by atoms with Crippen LogP contribution in [0.15, 0.2) is 53.3 Å². The molecule has 0 radical (unpaired) electrons. The highest BCUT2D eigenvalue weighted by atomic mass is 16.5. The van der Waals surface area contributed by atoms with Gasteiger partial charge in [-0.1, -0.05) is 19.9 Å². The summed E-state index contributed by atoms with van der Waals surface area (Å²) in [5.74, 6) is 1.91. The van der Waals surface area contributed by atoms with Gasteiger partial charge in [-0.3, -0.25) is 14.4 Å². The smallest absolute Gasteiger partial charge is 0.245 e. The van der Waals surface area contributed by atoms with Crippen molar-refractivity contribution in [2.24, 2.45) is 5.92 Å². The fraction of sp³-hybridized carbons (Fsp3) is 0.432. The monoisotopic (exact) mass is 658 g/mol. The number of anilines is 2. The second-order valence-corrected chi connectivity index (χ2v) is 12.5. The number of amides is 2. The van der Waals surface area contributed by atoms with Crippen LogP contribution in [0.4, 0.5) is 11.4 Å². The van der Waals surface area contributed by atoms with E-state index in [2.05, 4.69) is 15.5 Å². The third-order valence-electron chi connectivity index (χ3n) is 9.19. The Morgan fingerprint density at radius 2 is 1.54 bits per heavy atom. The third-order valence-corrected chi connectivity index (χ3v) is 9.19. The first-order valence-corrected chi connectivity index (χ1v) is 16.3. The summed E-state index contributed by atoms with van der Waals surface area (Å²) < 4.78 is 22.5. The molecule has 1 aliphatic carbocycles. The second kappa shape index (κ2) is 14.9. The van der Waals surface area contributed by atoms with Gasteiger partial charge in [0.2, 0.25) is 23.0 Å². The molecule has 0 unspecified atom stereocenters. The van der Waals surface area contributed by atoms with Gasteiger partial charge in [-0.25, -0.2) is 0 Å². The number of aryl methyl sites for hydroxylation is 1. The van der Waals surface area contributed by atoms with Gasteiger partial charge < -0.3 is 39.4 Å². The molecule has 48 heavy (non-hydrogen) atoms. The molecule has 1 fully saturated rings. The molecule has 256 valence electrons. The molecule has 1 saturated heterocycles. The Kier molecular flexibility index (Phi) is 10.7. The Bertz CT molecular complexity index is 1700. The van der Waals surface area contributed by atoms with Crippen molar-refractivity contribution in [2.75, 3.05) is 64.8 Å². The van der Waals surface area contributed by atoms with Crippen molar-refractivity contribution < 1.29 is 28.5 Å². The van der Waals surface area contributed by atoms with Crippen LogP contribution in [0, 0.1) is 5.92 Å². The normalized spacial score (nSPS) is 16.2. The summed E-state index contributed by atoms with van der Waals surface area (Å²) in [5, 5.41) is 6.35. The van der Waals surface area contributed by atoms with Gasteiger partial charge in [-0.05, 0) is 77.9 Å².